The van der Waals surface area contributed by atoms with Crippen LogP contribution in [0.2, 0.25) is 0 Å². The molecule has 0 spiro atoms. The molecular weight excluding hydrogens is 235 g/mol. The Morgan fingerprint density at radius 2 is 2.06 bits per heavy atom. The molecule has 4 nitrogen and oxygen atoms in total. The molecule has 3 atom stereocenters. The summed E-state index contributed by atoms with van der Waals surface area (Å²) in [4.78, 5) is 13.4. The van der Waals surface area contributed by atoms with Gasteiger partial charge in [0, 0.05) is 19.6 Å². The van der Waals surface area contributed by atoms with Crippen molar-refractivity contribution < 1.29 is 13.9 Å². The molecule has 18 heavy (non-hydrogen) atoms. The molecule has 106 valence electrons. The predicted octanol–water partition coefficient (Wildman–Crippen LogP) is 2.19. The number of nitrogens with zero attached hydrogens (tertiary/aromatic N) is 1. The van der Waals surface area contributed by atoms with Crippen molar-refractivity contribution in [3.63, 3.8) is 0 Å². The van der Waals surface area contributed by atoms with Crippen LogP contribution in [0.1, 0.15) is 33.6 Å². The van der Waals surface area contributed by atoms with Crippen LogP contribution in [0, 0.1) is 5.92 Å². The smallest absolute Gasteiger partial charge is 0.410 e. The van der Waals surface area contributed by atoms with Gasteiger partial charge >= 0.3 is 6.09 Å². The third-order valence-corrected chi connectivity index (χ3v) is 3.26. The molecule has 1 N–H and O–H groups in total. The summed E-state index contributed by atoms with van der Waals surface area (Å²) in [6.45, 7) is 6.04. The Morgan fingerprint density at radius 1 is 1.44 bits per heavy atom. The second-order valence-corrected chi connectivity index (χ2v) is 6.03. The lowest BCUT2D eigenvalue weighted by atomic mass is 10.0. The molecule has 1 rings (SSSR count). The zero-order valence-electron chi connectivity index (χ0n) is 12.0. The fourth-order valence-electron chi connectivity index (χ4n) is 2.42. The highest BCUT2D eigenvalue weighted by Crippen LogP contribution is 2.29. The predicted molar refractivity (Wildman–Crippen MR) is 69.3 cm³/mol. The Labute approximate surface area is 109 Å². The minimum Gasteiger partial charge on any atom is -0.444 e. The van der Waals surface area contributed by atoms with E-state index in [1.807, 2.05) is 20.8 Å². The van der Waals surface area contributed by atoms with Gasteiger partial charge in [0.05, 0.1) is 0 Å². The Hall–Kier alpha value is -0.840. The van der Waals surface area contributed by atoms with Crippen molar-refractivity contribution in [3.05, 3.63) is 0 Å². The third kappa shape index (κ3) is 4.12. The maximum atomic E-state index is 13.6. The van der Waals surface area contributed by atoms with Gasteiger partial charge in [0.2, 0.25) is 0 Å². The van der Waals surface area contributed by atoms with Crippen LogP contribution in [0.5, 0.6) is 0 Å². The summed E-state index contributed by atoms with van der Waals surface area (Å²) in [6, 6.07) is -0.158. The van der Waals surface area contributed by atoms with Crippen LogP contribution in [-0.4, -0.2) is 49.4 Å². The van der Waals surface area contributed by atoms with Crippen LogP contribution in [0.25, 0.3) is 0 Å². The van der Waals surface area contributed by atoms with E-state index in [1.165, 1.54) is 4.90 Å². The van der Waals surface area contributed by atoms with Gasteiger partial charge < -0.3 is 15.0 Å². The van der Waals surface area contributed by atoms with Crippen LogP contribution in [0.15, 0.2) is 0 Å². The fraction of sp³-hybridized carbons (Fsp3) is 0.923. The highest BCUT2D eigenvalue weighted by atomic mass is 19.1. The van der Waals surface area contributed by atoms with Crippen molar-refractivity contribution in [3.8, 4) is 0 Å². The van der Waals surface area contributed by atoms with Gasteiger partial charge in [-0.05, 0) is 46.6 Å². The minimum atomic E-state index is -0.813. The van der Waals surface area contributed by atoms with E-state index in [-0.39, 0.29) is 18.1 Å². The van der Waals surface area contributed by atoms with Gasteiger partial charge in [0.1, 0.15) is 11.8 Å². The molecule has 0 radical (unpaired) electrons. The number of hydrogen-bond donors (Lipinski definition) is 1. The van der Waals surface area contributed by atoms with E-state index >= 15 is 0 Å². The summed E-state index contributed by atoms with van der Waals surface area (Å²) < 4.78 is 18.8. The SMILES string of the molecule is CN[C@@H]1C(CN(C)C(=O)OC(C)(C)C)CC[C@H]1F. The number of ether oxygens (including phenoxy) is 1. The molecular formula is C13H25FN2O2. The van der Waals surface area contributed by atoms with Crippen LogP contribution in [0.3, 0.4) is 0 Å². The molecule has 0 aromatic carbocycles. The van der Waals surface area contributed by atoms with E-state index in [2.05, 4.69) is 5.32 Å². The number of alkyl halides is 1. The number of carbonyl (C=O) groups excluding carboxylic acids is 1. The molecule has 0 aliphatic heterocycles. The molecule has 1 aliphatic carbocycles. The average molecular weight is 260 g/mol. The van der Waals surface area contributed by atoms with E-state index in [4.69, 9.17) is 4.74 Å². The number of rotatable bonds is 3. The fourth-order valence-corrected chi connectivity index (χ4v) is 2.42. The summed E-state index contributed by atoms with van der Waals surface area (Å²) in [5, 5.41) is 3.00. The molecule has 1 aliphatic rings. The zero-order chi connectivity index (χ0) is 13.9. The molecule has 0 saturated heterocycles. The maximum Gasteiger partial charge on any atom is 0.410 e. The lowest BCUT2D eigenvalue weighted by Crippen LogP contribution is -2.43. The van der Waals surface area contributed by atoms with Gasteiger partial charge in [-0.25, -0.2) is 9.18 Å². The third-order valence-electron chi connectivity index (χ3n) is 3.26. The van der Waals surface area contributed by atoms with Gasteiger partial charge in [-0.15, -0.1) is 0 Å². The summed E-state index contributed by atoms with van der Waals surface area (Å²) in [5.41, 5.74) is -0.494. The molecule has 0 bridgehead atoms. The van der Waals surface area contributed by atoms with Gasteiger partial charge in [0.25, 0.3) is 0 Å². The Balaban J connectivity index is 2.49. The van der Waals surface area contributed by atoms with Crippen LogP contribution < -0.4 is 5.32 Å². The molecule has 1 unspecified atom stereocenters. The van der Waals surface area contributed by atoms with Crippen molar-refractivity contribution in [2.75, 3.05) is 20.6 Å². The van der Waals surface area contributed by atoms with E-state index in [1.54, 1.807) is 14.1 Å². The van der Waals surface area contributed by atoms with E-state index < -0.39 is 11.8 Å². The Bertz CT molecular complexity index is 291. The van der Waals surface area contributed by atoms with Crippen molar-refractivity contribution in [2.45, 2.75) is 51.4 Å². The number of hydrogen-bond acceptors (Lipinski definition) is 3. The highest BCUT2D eigenvalue weighted by molar-refractivity contribution is 5.67. The van der Waals surface area contributed by atoms with Gasteiger partial charge in [-0.3, -0.25) is 0 Å². The largest absolute Gasteiger partial charge is 0.444 e. The monoisotopic (exact) mass is 260 g/mol. The Morgan fingerprint density at radius 3 is 2.56 bits per heavy atom. The number of carbonyl (C=O) groups is 1. The lowest BCUT2D eigenvalue weighted by Gasteiger charge is -2.28. The van der Waals surface area contributed by atoms with Crippen molar-refractivity contribution in [2.24, 2.45) is 5.92 Å². The first-order valence-corrected chi connectivity index (χ1v) is 6.50. The minimum absolute atomic E-state index is 0.155. The first-order valence-electron chi connectivity index (χ1n) is 6.50. The van der Waals surface area contributed by atoms with Crippen molar-refractivity contribution in [1.29, 1.82) is 0 Å². The first-order chi connectivity index (χ1) is 8.24. The molecule has 1 saturated carbocycles. The maximum absolute atomic E-state index is 13.6. The number of halogens is 1. The van der Waals surface area contributed by atoms with Gasteiger partial charge in [-0.2, -0.15) is 0 Å². The quantitative estimate of drug-likeness (QED) is 0.845. The second kappa shape index (κ2) is 5.87. The normalized spacial score (nSPS) is 28.2. The highest BCUT2D eigenvalue weighted by Gasteiger charge is 2.36. The summed E-state index contributed by atoms with van der Waals surface area (Å²) in [7, 11) is 3.47. The van der Waals surface area contributed by atoms with Crippen molar-refractivity contribution >= 4 is 6.09 Å². The van der Waals surface area contributed by atoms with E-state index in [0.717, 1.165) is 6.42 Å². The second-order valence-electron chi connectivity index (χ2n) is 6.03. The molecule has 1 fully saturated rings. The standard InChI is InChI=1S/C13H25FN2O2/c1-13(2,3)18-12(17)16(5)8-9-6-7-10(14)11(9)15-4/h9-11,15H,6-8H2,1-5H3/t9?,10-,11-/m1/s1. The average Bonchev–Trinajstić information content (AvgIpc) is 2.56. The molecule has 0 aromatic heterocycles. The Kier molecular flexibility index (Phi) is 4.96. The van der Waals surface area contributed by atoms with E-state index in [9.17, 15) is 9.18 Å². The van der Waals surface area contributed by atoms with E-state index in [0.29, 0.717) is 13.0 Å². The summed E-state index contributed by atoms with van der Waals surface area (Å²) >= 11 is 0. The summed E-state index contributed by atoms with van der Waals surface area (Å²) in [6.07, 6.45) is 0.213. The van der Waals surface area contributed by atoms with Gasteiger partial charge in [-0.1, -0.05) is 0 Å². The van der Waals surface area contributed by atoms with Crippen molar-refractivity contribution in [1.82, 2.24) is 10.2 Å². The van der Waals surface area contributed by atoms with Gasteiger partial charge in [0.15, 0.2) is 0 Å². The summed E-state index contributed by atoms with van der Waals surface area (Å²) in [5.74, 6) is 0.155. The lowest BCUT2D eigenvalue weighted by molar-refractivity contribution is 0.0265. The molecule has 0 aromatic rings. The molecule has 5 heteroatoms. The molecule has 1 amide bonds. The number of amides is 1. The van der Waals surface area contributed by atoms with Crippen LogP contribution in [-0.2, 0) is 4.74 Å². The number of nitrogens with one attached hydrogen (secondary N) is 1. The molecule has 0 heterocycles. The zero-order valence-corrected chi connectivity index (χ0v) is 12.0. The topological polar surface area (TPSA) is 41.6 Å². The van der Waals surface area contributed by atoms with Crippen LogP contribution in [0.4, 0.5) is 9.18 Å². The van der Waals surface area contributed by atoms with Crippen LogP contribution >= 0.6 is 0 Å². The first kappa shape index (κ1) is 15.2.